The van der Waals surface area contributed by atoms with Crippen LogP contribution in [0.5, 0.6) is 5.75 Å². The Morgan fingerprint density at radius 1 is 1.48 bits per heavy atom. The second-order valence-corrected chi connectivity index (χ2v) is 5.37. The summed E-state index contributed by atoms with van der Waals surface area (Å²) in [5.74, 6) is 0.339. The number of benzene rings is 1. The van der Waals surface area contributed by atoms with Gasteiger partial charge in [0.2, 0.25) is 0 Å². The van der Waals surface area contributed by atoms with E-state index in [-0.39, 0.29) is 12.4 Å². The third kappa shape index (κ3) is 4.34. The number of thiazole rings is 1. The van der Waals surface area contributed by atoms with Gasteiger partial charge in [0.15, 0.2) is 5.13 Å². The molecule has 112 valence electrons. The fourth-order valence-corrected chi connectivity index (χ4v) is 2.66. The van der Waals surface area contributed by atoms with Crippen molar-refractivity contribution >= 4 is 39.7 Å². The second kappa shape index (κ2) is 7.28. The van der Waals surface area contributed by atoms with Gasteiger partial charge in [-0.25, -0.2) is 4.98 Å². The maximum atomic E-state index is 11.4. The van der Waals surface area contributed by atoms with E-state index >= 15 is 0 Å². The Morgan fingerprint density at radius 2 is 2.29 bits per heavy atom. The number of nitrogens with zero attached hydrogens (tertiary/aromatic N) is 1. The molecular weight excluding hydrogens is 312 g/mol. The molecule has 0 aliphatic carbocycles. The number of hydrogen-bond acceptors (Lipinski definition) is 6. The van der Waals surface area contributed by atoms with Crippen LogP contribution in [0.15, 0.2) is 23.6 Å². The maximum Gasteiger partial charge on any atom is 0.311 e. The number of ether oxygens (including phenoxy) is 2. The summed E-state index contributed by atoms with van der Waals surface area (Å²) in [4.78, 5) is 15.7. The Kier molecular flexibility index (Phi) is 5.41. The summed E-state index contributed by atoms with van der Waals surface area (Å²) in [7, 11) is 1.57. The van der Waals surface area contributed by atoms with E-state index in [1.54, 1.807) is 26.2 Å². The molecule has 0 saturated carbocycles. The Labute approximate surface area is 131 Å². The molecule has 0 amide bonds. The molecule has 0 unspecified atom stereocenters. The zero-order chi connectivity index (χ0) is 15.2. The van der Waals surface area contributed by atoms with Crippen LogP contribution in [0.4, 0.5) is 10.8 Å². The number of esters is 1. The first-order chi connectivity index (χ1) is 10.1. The van der Waals surface area contributed by atoms with E-state index in [1.807, 2.05) is 11.4 Å². The Balaban J connectivity index is 2.02. The molecule has 2 aromatic rings. The molecule has 0 atom stereocenters. The largest absolute Gasteiger partial charge is 0.495 e. The van der Waals surface area contributed by atoms with E-state index in [9.17, 15) is 4.79 Å². The molecule has 1 aromatic heterocycles. The molecule has 0 saturated heterocycles. The van der Waals surface area contributed by atoms with Crippen molar-refractivity contribution in [2.24, 2.45) is 0 Å². The van der Waals surface area contributed by atoms with Crippen LogP contribution < -0.4 is 10.1 Å². The van der Waals surface area contributed by atoms with Gasteiger partial charge in [0, 0.05) is 11.1 Å². The van der Waals surface area contributed by atoms with Gasteiger partial charge in [-0.2, -0.15) is 0 Å². The number of methoxy groups -OCH3 is 1. The van der Waals surface area contributed by atoms with Crippen molar-refractivity contribution in [3.8, 4) is 5.75 Å². The molecule has 1 aromatic carbocycles. The number of halogens is 1. The van der Waals surface area contributed by atoms with E-state index in [0.717, 1.165) is 5.69 Å². The minimum Gasteiger partial charge on any atom is -0.495 e. The van der Waals surface area contributed by atoms with Crippen molar-refractivity contribution in [2.45, 2.75) is 13.3 Å². The highest BCUT2D eigenvalue weighted by atomic mass is 35.5. The molecule has 7 heteroatoms. The molecule has 1 heterocycles. The van der Waals surface area contributed by atoms with Crippen molar-refractivity contribution in [3.63, 3.8) is 0 Å². The van der Waals surface area contributed by atoms with E-state index < -0.39 is 0 Å². The number of nitrogens with one attached hydrogen (secondary N) is 1. The summed E-state index contributed by atoms with van der Waals surface area (Å²) in [6.07, 6.45) is 0.176. The van der Waals surface area contributed by atoms with Crippen LogP contribution in [0, 0.1) is 0 Å². The first-order valence-corrected chi connectivity index (χ1v) is 7.58. The molecule has 0 aliphatic rings. The van der Waals surface area contributed by atoms with Crippen LogP contribution >= 0.6 is 22.9 Å². The van der Waals surface area contributed by atoms with E-state index in [0.29, 0.717) is 28.2 Å². The summed E-state index contributed by atoms with van der Waals surface area (Å²) in [6, 6.07) is 5.38. The Bertz CT molecular complexity index is 630. The Morgan fingerprint density at radius 3 is 2.95 bits per heavy atom. The molecule has 0 aliphatic heterocycles. The maximum absolute atomic E-state index is 11.4. The fraction of sp³-hybridized carbons (Fsp3) is 0.286. The lowest BCUT2D eigenvalue weighted by Crippen LogP contribution is -2.07. The average molecular weight is 327 g/mol. The number of hydrogen-bond donors (Lipinski definition) is 1. The van der Waals surface area contributed by atoms with Gasteiger partial charge in [-0.15, -0.1) is 11.3 Å². The van der Waals surface area contributed by atoms with Crippen LogP contribution in [0.2, 0.25) is 5.02 Å². The molecule has 5 nitrogen and oxygen atoms in total. The van der Waals surface area contributed by atoms with Gasteiger partial charge in [0.25, 0.3) is 0 Å². The smallest absolute Gasteiger partial charge is 0.311 e. The highest BCUT2D eigenvalue weighted by molar-refractivity contribution is 7.13. The fourth-order valence-electron chi connectivity index (χ4n) is 1.67. The second-order valence-electron chi connectivity index (χ2n) is 4.10. The van der Waals surface area contributed by atoms with Crippen LogP contribution in [0.25, 0.3) is 0 Å². The van der Waals surface area contributed by atoms with Gasteiger partial charge in [-0.3, -0.25) is 4.79 Å². The van der Waals surface area contributed by atoms with Crippen LogP contribution in [-0.4, -0.2) is 24.7 Å². The first kappa shape index (κ1) is 15.6. The minimum absolute atomic E-state index is 0.176. The quantitative estimate of drug-likeness (QED) is 0.821. The monoisotopic (exact) mass is 326 g/mol. The molecular formula is C14H15ClN2O3S. The number of carbonyl (C=O) groups is 1. The lowest BCUT2D eigenvalue weighted by atomic mass is 10.3. The molecule has 0 radical (unpaired) electrons. The average Bonchev–Trinajstić information content (AvgIpc) is 2.86. The van der Waals surface area contributed by atoms with Crippen LogP contribution in [0.3, 0.4) is 0 Å². The predicted octanol–water partition coefficient (Wildman–Crippen LogP) is 3.65. The van der Waals surface area contributed by atoms with Crippen molar-refractivity contribution < 1.29 is 14.3 Å². The summed E-state index contributed by atoms with van der Waals surface area (Å²) >= 11 is 7.48. The molecule has 21 heavy (non-hydrogen) atoms. The van der Waals surface area contributed by atoms with Gasteiger partial charge in [0.1, 0.15) is 5.75 Å². The normalized spacial score (nSPS) is 10.2. The summed E-state index contributed by atoms with van der Waals surface area (Å²) < 4.78 is 9.99. The zero-order valence-corrected chi connectivity index (χ0v) is 13.3. The van der Waals surface area contributed by atoms with Gasteiger partial charge in [0.05, 0.1) is 30.9 Å². The third-order valence-corrected chi connectivity index (χ3v) is 3.69. The lowest BCUT2D eigenvalue weighted by Gasteiger charge is -2.06. The molecule has 0 fully saturated rings. The lowest BCUT2D eigenvalue weighted by molar-refractivity contribution is -0.142. The van der Waals surface area contributed by atoms with E-state index in [2.05, 4.69) is 10.3 Å². The summed E-state index contributed by atoms with van der Waals surface area (Å²) in [6.45, 7) is 2.15. The van der Waals surface area contributed by atoms with Crippen LogP contribution in [0.1, 0.15) is 12.6 Å². The number of carbonyl (C=O) groups excluding carboxylic acids is 1. The van der Waals surface area contributed by atoms with Gasteiger partial charge in [-0.05, 0) is 25.1 Å². The number of rotatable bonds is 6. The summed E-state index contributed by atoms with van der Waals surface area (Å²) in [5.41, 5.74) is 1.48. The van der Waals surface area contributed by atoms with Crippen molar-refractivity contribution in [3.05, 3.63) is 34.3 Å². The highest BCUT2D eigenvalue weighted by Crippen LogP contribution is 2.29. The number of anilines is 2. The minimum atomic E-state index is -0.276. The first-order valence-electron chi connectivity index (χ1n) is 6.33. The van der Waals surface area contributed by atoms with E-state index in [1.165, 1.54) is 11.3 Å². The van der Waals surface area contributed by atoms with Crippen molar-refractivity contribution in [1.29, 1.82) is 0 Å². The number of aromatic nitrogens is 1. The molecule has 2 rings (SSSR count). The highest BCUT2D eigenvalue weighted by Gasteiger charge is 2.09. The Hall–Kier alpha value is -1.79. The molecule has 1 N–H and O–H groups in total. The molecule has 0 spiro atoms. The van der Waals surface area contributed by atoms with Gasteiger partial charge in [-0.1, -0.05) is 11.6 Å². The molecule has 0 bridgehead atoms. The standard InChI is InChI=1S/C14H15ClN2O3S/c1-3-20-13(18)7-10-8-21-14(17-10)16-9-4-5-12(19-2)11(15)6-9/h4-6,8H,3,7H2,1-2H3,(H,16,17). The van der Waals surface area contributed by atoms with Crippen molar-refractivity contribution in [1.82, 2.24) is 4.98 Å². The topological polar surface area (TPSA) is 60.5 Å². The SMILES string of the molecule is CCOC(=O)Cc1csc(Nc2ccc(OC)c(Cl)c2)n1. The van der Waals surface area contributed by atoms with Gasteiger partial charge >= 0.3 is 5.97 Å². The third-order valence-electron chi connectivity index (χ3n) is 2.59. The van der Waals surface area contributed by atoms with Crippen molar-refractivity contribution in [2.75, 3.05) is 19.0 Å². The summed E-state index contributed by atoms with van der Waals surface area (Å²) in [5, 5.41) is 6.17. The predicted molar refractivity (Wildman–Crippen MR) is 83.7 cm³/mol. The van der Waals surface area contributed by atoms with Crippen LogP contribution in [-0.2, 0) is 16.0 Å². The zero-order valence-electron chi connectivity index (χ0n) is 11.7. The van der Waals surface area contributed by atoms with Gasteiger partial charge < -0.3 is 14.8 Å². The van der Waals surface area contributed by atoms with E-state index in [4.69, 9.17) is 21.1 Å².